The van der Waals surface area contributed by atoms with Gasteiger partial charge in [0.05, 0.1) is 38.6 Å². The van der Waals surface area contributed by atoms with Crippen molar-refractivity contribution in [2.75, 3.05) is 21.3 Å². The molecule has 0 radical (unpaired) electrons. The van der Waals surface area contributed by atoms with Gasteiger partial charge in [0, 0.05) is 16.3 Å². The molecule has 0 atom stereocenters. The summed E-state index contributed by atoms with van der Waals surface area (Å²) in [4.78, 5) is 15.7. The molecule has 0 amide bonds. The number of esters is 1. The van der Waals surface area contributed by atoms with E-state index in [0.717, 1.165) is 0 Å². The van der Waals surface area contributed by atoms with Crippen LogP contribution in [0, 0.1) is 0 Å². The fourth-order valence-corrected chi connectivity index (χ4v) is 3.39. The molecule has 2 aromatic carbocycles. The molecule has 0 saturated carbocycles. The maximum atomic E-state index is 12.5. The highest BCUT2D eigenvalue weighted by atomic mass is 19.4. The van der Waals surface area contributed by atoms with Crippen LogP contribution in [0.4, 0.5) is 13.2 Å². The van der Waals surface area contributed by atoms with Crippen molar-refractivity contribution in [3.05, 3.63) is 36.5 Å². The van der Waals surface area contributed by atoms with Crippen molar-refractivity contribution in [2.24, 2.45) is 0 Å². The summed E-state index contributed by atoms with van der Waals surface area (Å²) in [6, 6.07) is 7.23. The van der Waals surface area contributed by atoms with Gasteiger partial charge in [0.2, 0.25) is 5.75 Å². The predicted octanol–water partition coefficient (Wildman–Crippen LogP) is 4.27. The SMILES string of the molecule is COc1cc2c(c(-c3ccc(OC(=O)C(F)(F)F)cc3)nc3[nH]ncc32)c(OC)c1OC. The zero-order chi connectivity index (χ0) is 23.0. The van der Waals surface area contributed by atoms with E-state index in [4.69, 9.17) is 14.2 Å². The number of rotatable bonds is 5. The Morgan fingerprint density at radius 3 is 2.25 bits per heavy atom. The molecule has 4 rings (SSSR count). The third-order valence-electron chi connectivity index (χ3n) is 4.77. The molecule has 0 aliphatic carbocycles. The molecule has 2 heterocycles. The summed E-state index contributed by atoms with van der Waals surface area (Å²) < 4.78 is 58.3. The number of benzene rings is 2. The van der Waals surface area contributed by atoms with Crippen LogP contribution < -0.4 is 18.9 Å². The van der Waals surface area contributed by atoms with Crippen LogP contribution in [0.3, 0.4) is 0 Å². The molecule has 0 bridgehead atoms. The van der Waals surface area contributed by atoms with E-state index < -0.39 is 12.1 Å². The smallest absolute Gasteiger partial charge is 0.491 e. The number of hydrogen-bond acceptors (Lipinski definition) is 7. The van der Waals surface area contributed by atoms with Crippen molar-refractivity contribution in [1.29, 1.82) is 0 Å². The minimum atomic E-state index is -5.09. The second kappa shape index (κ2) is 7.91. The molecular formula is C21H16F3N3O5. The van der Waals surface area contributed by atoms with E-state index in [1.165, 1.54) is 45.6 Å². The highest BCUT2D eigenvalue weighted by Crippen LogP contribution is 2.48. The number of alkyl halides is 3. The molecule has 4 aromatic rings. The number of ether oxygens (including phenoxy) is 4. The van der Waals surface area contributed by atoms with Gasteiger partial charge in [-0.25, -0.2) is 9.78 Å². The molecule has 0 spiro atoms. The molecule has 8 nitrogen and oxygen atoms in total. The van der Waals surface area contributed by atoms with Gasteiger partial charge in [0.1, 0.15) is 5.75 Å². The second-order valence-electron chi connectivity index (χ2n) is 6.57. The van der Waals surface area contributed by atoms with Gasteiger partial charge in [-0.2, -0.15) is 18.3 Å². The first-order chi connectivity index (χ1) is 15.3. The Labute approximate surface area is 178 Å². The Morgan fingerprint density at radius 1 is 0.969 bits per heavy atom. The maximum Gasteiger partial charge on any atom is 0.491 e. The van der Waals surface area contributed by atoms with Gasteiger partial charge in [0.15, 0.2) is 17.1 Å². The summed E-state index contributed by atoms with van der Waals surface area (Å²) in [6.07, 6.45) is -3.48. The first-order valence-electron chi connectivity index (χ1n) is 9.13. The van der Waals surface area contributed by atoms with Gasteiger partial charge in [-0.05, 0) is 30.3 Å². The third-order valence-corrected chi connectivity index (χ3v) is 4.77. The van der Waals surface area contributed by atoms with Gasteiger partial charge in [0.25, 0.3) is 0 Å². The molecule has 11 heteroatoms. The van der Waals surface area contributed by atoms with Crippen LogP contribution >= 0.6 is 0 Å². The van der Waals surface area contributed by atoms with Gasteiger partial charge in [-0.1, -0.05) is 0 Å². The van der Waals surface area contributed by atoms with Crippen LogP contribution in [-0.4, -0.2) is 48.7 Å². The summed E-state index contributed by atoms with van der Waals surface area (Å²) in [5.41, 5.74) is 1.46. The molecular weight excluding hydrogens is 431 g/mol. The lowest BCUT2D eigenvalue weighted by Crippen LogP contribution is -2.27. The molecule has 0 aliphatic heterocycles. The number of aromatic amines is 1. The Balaban J connectivity index is 1.93. The largest absolute Gasteiger partial charge is 0.493 e. The molecule has 32 heavy (non-hydrogen) atoms. The minimum absolute atomic E-state index is 0.255. The number of fused-ring (bicyclic) bond motifs is 3. The monoisotopic (exact) mass is 447 g/mol. The molecule has 166 valence electrons. The molecule has 0 saturated heterocycles. The van der Waals surface area contributed by atoms with Crippen LogP contribution in [0.1, 0.15) is 0 Å². The van der Waals surface area contributed by atoms with Crippen LogP contribution in [0.25, 0.3) is 33.1 Å². The summed E-state index contributed by atoms with van der Waals surface area (Å²) in [6.45, 7) is 0. The van der Waals surface area contributed by atoms with Gasteiger partial charge in [-0.3, -0.25) is 5.10 Å². The first-order valence-corrected chi connectivity index (χ1v) is 9.13. The van der Waals surface area contributed by atoms with Crippen molar-refractivity contribution >= 4 is 27.8 Å². The van der Waals surface area contributed by atoms with E-state index in [-0.39, 0.29) is 5.75 Å². The Hall–Kier alpha value is -4.02. The lowest BCUT2D eigenvalue weighted by Gasteiger charge is -2.17. The number of carbonyl (C=O) groups excluding carboxylic acids is 1. The minimum Gasteiger partial charge on any atom is -0.493 e. The van der Waals surface area contributed by atoms with Crippen LogP contribution in [0.5, 0.6) is 23.0 Å². The van der Waals surface area contributed by atoms with Crippen molar-refractivity contribution in [3.8, 4) is 34.3 Å². The number of aromatic nitrogens is 3. The number of H-pyrrole nitrogens is 1. The number of nitrogens with one attached hydrogen (secondary N) is 1. The number of nitrogens with zero attached hydrogens (tertiary/aromatic N) is 2. The van der Waals surface area contributed by atoms with E-state index in [1.807, 2.05) is 0 Å². The fraction of sp³-hybridized carbons (Fsp3) is 0.190. The van der Waals surface area contributed by atoms with Gasteiger partial charge < -0.3 is 18.9 Å². The highest BCUT2D eigenvalue weighted by Gasteiger charge is 2.41. The summed E-state index contributed by atoms with van der Waals surface area (Å²) >= 11 is 0. The van der Waals surface area contributed by atoms with Crippen LogP contribution in [0.2, 0.25) is 0 Å². The van der Waals surface area contributed by atoms with Crippen LogP contribution in [0.15, 0.2) is 36.5 Å². The zero-order valence-corrected chi connectivity index (χ0v) is 17.0. The summed E-state index contributed by atoms with van der Waals surface area (Å²) in [5, 5.41) is 8.86. The van der Waals surface area contributed by atoms with Gasteiger partial charge >= 0.3 is 12.1 Å². The average Bonchev–Trinajstić information content (AvgIpc) is 3.25. The van der Waals surface area contributed by atoms with Gasteiger partial charge in [-0.15, -0.1) is 0 Å². The quantitative estimate of drug-likeness (QED) is 0.361. The molecule has 0 fully saturated rings. The Bertz CT molecular complexity index is 1320. The highest BCUT2D eigenvalue weighted by molar-refractivity contribution is 6.14. The zero-order valence-electron chi connectivity index (χ0n) is 17.0. The molecule has 2 aromatic heterocycles. The van der Waals surface area contributed by atoms with Crippen molar-refractivity contribution in [3.63, 3.8) is 0 Å². The normalized spacial score (nSPS) is 11.6. The number of methoxy groups -OCH3 is 3. The van der Waals surface area contributed by atoms with E-state index in [1.54, 1.807) is 12.3 Å². The summed E-state index contributed by atoms with van der Waals surface area (Å²) in [7, 11) is 4.44. The Morgan fingerprint density at radius 2 is 1.66 bits per heavy atom. The average molecular weight is 447 g/mol. The predicted molar refractivity (Wildman–Crippen MR) is 108 cm³/mol. The molecule has 0 aliphatic rings. The van der Waals surface area contributed by atoms with E-state index in [9.17, 15) is 18.0 Å². The third kappa shape index (κ3) is 3.51. The first kappa shape index (κ1) is 21.2. The number of pyridine rings is 1. The van der Waals surface area contributed by atoms with E-state index >= 15 is 0 Å². The van der Waals surface area contributed by atoms with E-state index in [0.29, 0.717) is 50.3 Å². The van der Waals surface area contributed by atoms with Crippen LogP contribution in [-0.2, 0) is 4.79 Å². The topological polar surface area (TPSA) is 95.6 Å². The standard InChI is InChI=1S/C21H16F3N3O5/c1-29-14-8-12-13-9-25-27-19(13)26-16(15(12)18(31-3)17(14)30-2)10-4-6-11(7-5-10)32-20(28)21(22,23)24/h4-9H,1-3H3,(H,25,26,27). The van der Waals surface area contributed by atoms with Crippen molar-refractivity contribution in [1.82, 2.24) is 15.2 Å². The number of hydrogen-bond donors (Lipinski definition) is 1. The van der Waals surface area contributed by atoms with Crippen molar-refractivity contribution in [2.45, 2.75) is 6.18 Å². The lowest BCUT2D eigenvalue weighted by molar-refractivity contribution is -0.189. The van der Waals surface area contributed by atoms with E-state index in [2.05, 4.69) is 19.9 Å². The fourth-order valence-electron chi connectivity index (χ4n) is 3.39. The molecule has 1 N–H and O–H groups in total. The second-order valence-corrected chi connectivity index (χ2v) is 6.57. The lowest BCUT2D eigenvalue weighted by atomic mass is 10.00. The van der Waals surface area contributed by atoms with Crippen molar-refractivity contribution < 1.29 is 36.9 Å². The number of carbonyl (C=O) groups is 1. The molecule has 0 unspecified atom stereocenters. The Kier molecular flexibility index (Phi) is 5.25. The summed E-state index contributed by atoms with van der Waals surface area (Å²) in [5.74, 6) is -1.41. The maximum absolute atomic E-state index is 12.5. The number of halogens is 3.